The number of rotatable bonds is 3. The van der Waals surface area contributed by atoms with Crippen molar-refractivity contribution in [1.29, 1.82) is 0 Å². The van der Waals surface area contributed by atoms with Crippen LogP contribution in [-0.2, 0) is 17.8 Å². The molecule has 25 heavy (non-hydrogen) atoms. The van der Waals surface area contributed by atoms with Gasteiger partial charge in [0.15, 0.2) is 0 Å². The maximum absolute atomic E-state index is 12.9. The van der Waals surface area contributed by atoms with Gasteiger partial charge in [0.05, 0.1) is 5.92 Å². The van der Waals surface area contributed by atoms with Crippen molar-refractivity contribution in [3.8, 4) is 5.75 Å². The Balaban J connectivity index is 1.33. The standard InChI is InChI=1S/C19H21ClN2O2S/c20-16-3-4-18-14(11-16)10-15(13-24-18)19(23)22-7-5-21(6-8-22)12-17-2-1-9-25-17/h1-4,9,11,15H,5-8,10,12-13H2/t15-/m0/s1. The SMILES string of the molecule is O=C([C@@H]1COc2ccc(Cl)cc2C1)N1CCN(Cc2cccs2)CC1. The van der Waals surface area contributed by atoms with Crippen molar-refractivity contribution in [3.63, 3.8) is 0 Å². The number of carbonyl (C=O) groups is 1. The number of piperazine rings is 1. The molecule has 1 aromatic heterocycles. The minimum Gasteiger partial charge on any atom is -0.492 e. The summed E-state index contributed by atoms with van der Waals surface area (Å²) in [5.41, 5.74) is 1.04. The van der Waals surface area contributed by atoms with Gasteiger partial charge in [-0.05, 0) is 41.6 Å². The van der Waals surface area contributed by atoms with Crippen LogP contribution < -0.4 is 4.74 Å². The Morgan fingerprint density at radius 1 is 1.24 bits per heavy atom. The summed E-state index contributed by atoms with van der Waals surface area (Å²) in [4.78, 5) is 18.7. The van der Waals surface area contributed by atoms with E-state index in [0.29, 0.717) is 18.1 Å². The largest absolute Gasteiger partial charge is 0.492 e. The summed E-state index contributed by atoms with van der Waals surface area (Å²) in [5, 5.41) is 2.81. The van der Waals surface area contributed by atoms with Gasteiger partial charge in [0.1, 0.15) is 12.4 Å². The Hall–Kier alpha value is -1.56. The number of amides is 1. The minimum atomic E-state index is -0.102. The van der Waals surface area contributed by atoms with Crippen molar-refractivity contribution in [3.05, 3.63) is 51.2 Å². The fourth-order valence-corrected chi connectivity index (χ4v) is 4.47. The van der Waals surface area contributed by atoms with Crippen molar-refractivity contribution in [2.75, 3.05) is 32.8 Å². The molecule has 2 aromatic rings. The van der Waals surface area contributed by atoms with E-state index in [-0.39, 0.29) is 11.8 Å². The number of hydrogen-bond acceptors (Lipinski definition) is 4. The van der Waals surface area contributed by atoms with Gasteiger partial charge in [-0.3, -0.25) is 9.69 Å². The molecule has 1 saturated heterocycles. The van der Waals surface area contributed by atoms with E-state index in [1.165, 1.54) is 4.88 Å². The second kappa shape index (κ2) is 7.36. The van der Waals surface area contributed by atoms with Gasteiger partial charge < -0.3 is 9.64 Å². The van der Waals surface area contributed by atoms with Crippen molar-refractivity contribution >= 4 is 28.8 Å². The highest BCUT2D eigenvalue weighted by atomic mass is 35.5. The van der Waals surface area contributed by atoms with Crippen LogP contribution in [0, 0.1) is 5.92 Å². The summed E-state index contributed by atoms with van der Waals surface area (Å²) < 4.78 is 5.78. The molecule has 1 aromatic carbocycles. The van der Waals surface area contributed by atoms with Gasteiger partial charge in [-0.2, -0.15) is 0 Å². The molecule has 0 aliphatic carbocycles. The van der Waals surface area contributed by atoms with Crippen LogP contribution in [-0.4, -0.2) is 48.5 Å². The molecule has 2 aliphatic rings. The van der Waals surface area contributed by atoms with Gasteiger partial charge in [0.25, 0.3) is 0 Å². The fourth-order valence-electron chi connectivity index (χ4n) is 3.53. The third-order valence-corrected chi connectivity index (χ3v) is 6.02. The second-order valence-electron chi connectivity index (χ2n) is 6.64. The summed E-state index contributed by atoms with van der Waals surface area (Å²) in [6.07, 6.45) is 0.712. The van der Waals surface area contributed by atoms with E-state index in [1.54, 1.807) is 11.3 Å². The highest BCUT2D eigenvalue weighted by Gasteiger charge is 2.31. The maximum Gasteiger partial charge on any atom is 0.229 e. The van der Waals surface area contributed by atoms with Gasteiger partial charge in [-0.25, -0.2) is 0 Å². The van der Waals surface area contributed by atoms with E-state index in [0.717, 1.165) is 44.0 Å². The quantitative estimate of drug-likeness (QED) is 0.824. The normalized spacial score (nSPS) is 20.8. The topological polar surface area (TPSA) is 32.8 Å². The molecule has 0 saturated carbocycles. The summed E-state index contributed by atoms with van der Waals surface area (Å²) in [5.74, 6) is 0.963. The van der Waals surface area contributed by atoms with E-state index in [1.807, 2.05) is 23.1 Å². The van der Waals surface area contributed by atoms with Crippen molar-refractivity contribution in [2.45, 2.75) is 13.0 Å². The number of halogens is 1. The van der Waals surface area contributed by atoms with E-state index >= 15 is 0 Å². The van der Waals surface area contributed by atoms with Crippen LogP contribution in [0.15, 0.2) is 35.7 Å². The Morgan fingerprint density at radius 2 is 2.08 bits per heavy atom. The van der Waals surface area contributed by atoms with Crippen LogP contribution in [0.25, 0.3) is 0 Å². The van der Waals surface area contributed by atoms with Crippen LogP contribution in [0.3, 0.4) is 0 Å². The molecule has 4 rings (SSSR count). The van der Waals surface area contributed by atoms with Crippen LogP contribution in [0.5, 0.6) is 5.75 Å². The second-order valence-corrected chi connectivity index (χ2v) is 8.11. The first-order chi connectivity index (χ1) is 12.2. The number of thiophene rings is 1. The van der Waals surface area contributed by atoms with Crippen molar-refractivity contribution < 1.29 is 9.53 Å². The average molecular weight is 377 g/mol. The predicted octanol–water partition coefficient (Wildman–Crippen LogP) is 3.30. The molecule has 0 unspecified atom stereocenters. The average Bonchev–Trinajstić information content (AvgIpc) is 3.14. The lowest BCUT2D eigenvalue weighted by molar-refractivity contribution is -0.138. The zero-order valence-electron chi connectivity index (χ0n) is 14.0. The predicted molar refractivity (Wildman–Crippen MR) is 100 cm³/mol. The van der Waals surface area contributed by atoms with Gasteiger partial charge in [0.2, 0.25) is 5.91 Å². The van der Waals surface area contributed by atoms with Crippen molar-refractivity contribution in [1.82, 2.24) is 9.80 Å². The molecule has 3 heterocycles. The van der Waals surface area contributed by atoms with Crippen molar-refractivity contribution in [2.24, 2.45) is 5.92 Å². The van der Waals surface area contributed by atoms with Crippen LogP contribution in [0.2, 0.25) is 5.02 Å². The molecule has 1 atom stereocenters. The summed E-state index contributed by atoms with van der Waals surface area (Å²) >= 11 is 7.86. The van der Waals surface area contributed by atoms with E-state index in [9.17, 15) is 4.79 Å². The molecular formula is C19H21ClN2O2S. The lowest BCUT2D eigenvalue weighted by Crippen LogP contribution is -2.51. The molecule has 0 radical (unpaired) electrons. The van der Waals surface area contributed by atoms with Crippen LogP contribution in [0.1, 0.15) is 10.4 Å². The van der Waals surface area contributed by atoms with E-state index in [4.69, 9.17) is 16.3 Å². The number of carbonyl (C=O) groups excluding carboxylic acids is 1. The van der Waals surface area contributed by atoms with Gasteiger partial charge in [-0.15, -0.1) is 11.3 Å². The van der Waals surface area contributed by atoms with Gasteiger partial charge in [0, 0.05) is 42.6 Å². The number of hydrogen-bond donors (Lipinski definition) is 0. The first-order valence-electron chi connectivity index (χ1n) is 8.64. The highest BCUT2D eigenvalue weighted by molar-refractivity contribution is 7.09. The zero-order valence-corrected chi connectivity index (χ0v) is 15.6. The van der Waals surface area contributed by atoms with E-state index in [2.05, 4.69) is 22.4 Å². The molecule has 1 fully saturated rings. The first kappa shape index (κ1) is 16.9. The molecule has 2 aliphatic heterocycles. The smallest absolute Gasteiger partial charge is 0.229 e. The third kappa shape index (κ3) is 3.84. The summed E-state index contributed by atoms with van der Waals surface area (Å²) in [7, 11) is 0. The number of benzene rings is 1. The Morgan fingerprint density at radius 3 is 2.84 bits per heavy atom. The summed E-state index contributed by atoms with van der Waals surface area (Å²) in [6, 6.07) is 9.89. The minimum absolute atomic E-state index is 0.102. The fraction of sp³-hybridized carbons (Fsp3) is 0.421. The Kier molecular flexibility index (Phi) is 4.97. The lowest BCUT2D eigenvalue weighted by atomic mass is 9.95. The summed E-state index contributed by atoms with van der Waals surface area (Å²) in [6.45, 7) is 4.90. The number of nitrogens with zero attached hydrogens (tertiary/aromatic N) is 2. The lowest BCUT2D eigenvalue weighted by Gasteiger charge is -2.37. The molecule has 6 heteroatoms. The van der Waals surface area contributed by atoms with Gasteiger partial charge >= 0.3 is 0 Å². The monoisotopic (exact) mass is 376 g/mol. The van der Waals surface area contributed by atoms with Crippen LogP contribution >= 0.6 is 22.9 Å². The third-order valence-electron chi connectivity index (χ3n) is 4.92. The Labute approximate surface area is 156 Å². The zero-order chi connectivity index (χ0) is 17.2. The number of fused-ring (bicyclic) bond motifs is 1. The molecule has 0 bridgehead atoms. The maximum atomic E-state index is 12.9. The molecule has 0 N–H and O–H groups in total. The molecule has 132 valence electrons. The first-order valence-corrected chi connectivity index (χ1v) is 9.89. The highest BCUT2D eigenvalue weighted by Crippen LogP contribution is 2.30. The van der Waals surface area contributed by atoms with E-state index < -0.39 is 0 Å². The Bertz CT molecular complexity index is 742. The van der Waals surface area contributed by atoms with Crippen LogP contribution in [0.4, 0.5) is 0 Å². The molecular weight excluding hydrogens is 356 g/mol. The molecule has 0 spiro atoms. The molecule has 4 nitrogen and oxygen atoms in total. The van der Waals surface area contributed by atoms with Gasteiger partial charge in [-0.1, -0.05) is 17.7 Å². The molecule has 1 amide bonds. The number of ether oxygens (including phenoxy) is 1.